The predicted octanol–water partition coefficient (Wildman–Crippen LogP) is 5.29. The van der Waals surface area contributed by atoms with Crippen molar-refractivity contribution in [2.45, 2.75) is 59.3 Å². The molecule has 0 atom stereocenters. The highest BCUT2D eigenvalue weighted by molar-refractivity contribution is 6.60. The summed E-state index contributed by atoms with van der Waals surface area (Å²) in [5.41, 5.74) is 0. The van der Waals surface area contributed by atoms with Crippen LogP contribution in [-0.2, 0) is 13.3 Å². The third-order valence-electron chi connectivity index (χ3n) is 4.54. The molecule has 4 nitrogen and oxygen atoms in total. The molecule has 0 radical (unpaired) electrons. The monoisotopic (exact) mass is 398 g/mol. The molecular formula is C22H44NO3Si+. The highest BCUT2D eigenvalue weighted by atomic mass is 28.4. The van der Waals surface area contributed by atoms with Crippen molar-refractivity contribution in [2.24, 2.45) is 0 Å². The average molecular weight is 399 g/mol. The Balaban J connectivity index is 5.65. The zero-order valence-electron chi connectivity index (χ0n) is 18.2. The maximum absolute atomic E-state index is 6.43. The Hall–Kier alpha value is -0.723. The van der Waals surface area contributed by atoms with Gasteiger partial charge in [-0.15, -0.1) is 0 Å². The van der Waals surface area contributed by atoms with Crippen LogP contribution in [0.25, 0.3) is 0 Å². The average Bonchev–Trinajstić information content (AvgIpc) is 2.63. The number of quaternary nitrogens is 1. The predicted molar refractivity (Wildman–Crippen MR) is 119 cm³/mol. The van der Waals surface area contributed by atoms with Crippen LogP contribution in [0.1, 0.15) is 59.3 Å². The van der Waals surface area contributed by atoms with E-state index in [1.54, 1.807) is 0 Å². The Kier molecular flexibility index (Phi) is 15.8. The highest BCUT2D eigenvalue weighted by Gasteiger charge is 2.50. The van der Waals surface area contributed by atoms with E-state index < -0.39 is 8.80 Å². The van der Waals surface area contributed by atoms with Crippen LogP contribution in [0.5, 0.6) is 0 Å². The van der Waals surface area contributed by atoms with Crippen LogP contribution in [0.2, 0.25) is 0 Å². The Morgan fingerprint density at radius 1 is 0.667 bits per heavy atom. The van der Waals surface area contributed by atoms with Gasteiger partial charge in [-0.3, -0.25) is 0 Å². The van der Waals surface area contributed by atoms with Crippen molar-refractivity contribution in [1.82, 2.24) is 0 Å². The maximum atomic E-state index is 6.43. The lowest BCUT2D eigenvalue weighted by molar-refractivity contribution is -0.904. The molecular weight excluding hydrogens is 354 g/mol. The van der Waals surface area contributed by atoms with Crippen LogP contribution in [0.15, 0.2) is 38.0 Å². The molecule has 0 bridgehead atoms. The first-order valence-corrected chi connectivity index (χ1v) is 12.6. The summed E-state index contributed by atoms with van der Waals surface area (Å²) in [5, 5.41) is 0. The Bertz CT molecular complexity index is 348. The molecule has 0 aromatic heterocycles. The SMILES string of the molecule is C=CC[N+](CC=C)(CC=C)C[Si](OCCCC)(OCCCC)OCCCC. The minimum atomic E-state index is -2.83. The molecule has 27 heavy (non-hydrogen) atoms. The summed E-state index contributed by atoms with van der Waals surface area (Å²) in [7, 11) is -2.83. The summed E-state index contributed by atoms with van der Waals surface area (Å²) in [5.74, 6) is 0. The summed E-state index contributed by atoms with van der Waals surface area (Å²) < 4.78 is 20.0. The molecule has 0 N–H and O–H groups in total. The van der Waals surface area contributed by atoms with Crippen molar-refractivity contribution in [2.75, 3.05) is 45.6 Å². The van der Waals surface area contributed by atoms with E-state index in [9.17, 15) is 0 Å². The summed E-state index contributed by atoms with van der Waals surface area (Å²) in [6.45, 7) is 23.0. The van der Waals surface area contributed by atoms with E-state index in [-0.39, 0.29) is 0 Å². The summed E-state index contributed by atoms with van der Waals surface area (Å²) in [6.07, 6.45) is 13.0. The van der Waals surface area contributed by atoms with E-state index in [4.69, 9.17) is 13.3 Å². The van der Waals surface area contributed by atoms with Crippen molar-refractivity contribution < 1.29 is 17.8 Å². The van der Waals surface area contributed by atoms with Crippen molar-refractivity contribution in [3.05, 3.63) is 38.0 Å². The van der Waals surface area contributed by atoms with Gasteiger partial charge in [0.25, 0.3) is 0 Å². The molecule has 0 saturated heterocycles. The van der Waals surface area contributed by atoms with Gasteiger partial charge in [-0.05, 0) is 37.5 Å². The smallest absolute Gasteiger partial charge is 0.370 e. The Morgan fingerprint density at radius 3 is 1.26 bits per heavy atom. The van der Waals surface area contributed by atoms with Gasteiger partial charge in [0.05, 0.1) is 19.6 Å². The molecule has 0 aromatic rings. The first kappa shape index (κ1) is 26.3. The van der Waals surface area contributed by atoms with Crippen LogP contribution in [-0.4, -0.2) is 58.9 Å². The van der Waals surface area contributed by atoms with Gasteiger partial charge in [-0.25, -0.2) is 0 Å². The molecule has 0 aromatic carbocycles. The fraction of sp³-hybridized carbons (Fsp3) is 0.727. The van der Waals surface area contributed by atoms with Crippen LogP contribution < -0.4 is 0 Å². The topological polar surface area (TPSA) is 27.7 Å². The Morgan fingerprint density at radius 2 is 1.00 bits per heavy atom. The molecule has 0 aliphatic heterocycles. The first-order valence-electron chi connectivity index (χ1n) is 10.7. The van der Waals surface area contributed by atoms with Crippen LogP contribution in [0, 0.1) is 0 Å². The van der Waals surface area contributed by atoms with Gasteiger partial charge in [0.15, 0.2) is 0 Å². The van der Waals surface area contributed by atoms with Gasteiger partial charge in [-0.1, -0.05) is 59.8 Å². The highest BCUT2D eigenvalue weighted by Crippen LogP contribution is 2.21. The number of hydrogen-bond acceptors (Lipinski definition) is 3. The zero-order valence-corrected chi connectivity index (χ0v) is 19.2. The van der Waals surface area contributed by atoms with Crippen molar-refractivity contribution in [1.29, 1.82) is 0 Å². The van der Waals surface area contributed by atoms with E-state index in [1.165, 1.54) is 0 Å². The molecule has 0 aliphatic carbocycles. The number of hydrogen-bond donors (Lipinski definition) is 0. The third-order valence-corrected chi connectivity index (χ3v) is 7.53. The van der Waals surface area contributed by atoms with E-state index in [1.807, 2.05) is 18.2 Å². The lowest BCUT2D eigenvalue weighted by Crippen LogP contribution is -2.64. The molecule has 0 spiro atoms. The summed E-state index contributed by atoms with van der Waals surface area (Å²) in [6, 6.07) is 0. The third kappa shape index (κ3) is 11.0. The van der Waals surface area contributed by atoms with E-state index in [0.29, 0.717) is 19.8 Å². The second-order valence-corrected chi connectivity index (χ2v) is 9.75. The fourth-order valence-corrected chi connectivity index (χ4v) is 6.13. The van der Waals surface area contributed by atoms with Gasteiger partial charge in [-0.2, -0.15) is 0 Å². The second kappa shape index (κ2) is 16.3. The molecule has 0 rings (SSSR count). The van der Waals surface area contributed by atoms with Gasteiger partial charge >= 0.3 is 8.80 Å². The second-order valence-electron chi connectivity index (χ2n) is 7.20. The van der Waals surface area contributed by atoms with Gasteiger partial charge in [0.1, 0.15) is 6.17 Å². The van der Waals surface area contributed by atoms with E-state index in [2.05, 4.69) is 40.5 Å². The van der Waals surface area contributed by atoms with Crippen molar-refractivity contribution in [3.63, 3.8) is 0 Å². The number of unbranched alkanes of at least 4 members (excludes halogenated alkanes) is 3. The zero-order chi connectivity index (χ0) is 20.4. The van der Waals surface area contributed by atoms with Crippen molar-refractivity contribution in [3.8, 4) is 0 Å². The number of rotatable bonds is 20. The minimum Gasteiger partial charge on any atom is -0.370 e. The van der Waals surface area contributed by atoms with E-state index >= 15 is 0 Å². The minimum absolute atomic E-state index is 0.692. The van der Waals surface area contributed by atoms with Crippen LogP contribution in [0.4, 0.5) is 0 Å². The largest absolute Gasteiger partial charge is 0.559 e. The first-order chi connectivity index (χ1) is 13.1. The van der Waals surface area contributed by atoms with Crippen molar-refractivity contribution >= 4 is 8.80 Å². The Labute approximate surface area is 169 Å². The molecule has 0 saturated carbocycles. The molecule has 0 heterocycles. The quantitative estimate of drug-likeness (QED) is 0.121. The maximum Gasteiger partial charge on any atom is 0.559 e. The molecule has 5 heteroatoms. The molecule has 0 fully saturated rings. The standard InChI is InChI=1S/C22H44NO3Si/c1-7-13-19-24-27(25-20-14-8-2,26-21-15-9-3)22-23(16-10-4,17-11-5)18-12-6/h10-12H,4-9,13-22H2,1-3H3/q+1. The lowest BCUT2D eigenvalue weighted by atomic mass is 10.3. The number of nitrogens with zero attached hydrogens (tertiary/aromatic N) is 1. The van der Waals surface area contributed by atoms with E-state index in [0.717, 1.165) is 68.8 Å². The van der Waals surface area contributed by atoms with Gasteiger partial charge in [0, 0.05) is 19.8 Å². The molecule has 0 amide bonds. The van der Waals surface area contributed by atoms with Crippen LogP contribution in [0.3, 0.4) is 0 Å². The molecule has 0 unspecified atom stereocenters. The normalized spacial score (nSPS) is 12.1. The van der Waals surface area contributed by atoms with Gasteiger partial charge < -0.3 is 17.8 Å². The molecule has 0 aliphatic rings. The summed E-state index contributed by atoms with van der Waals surface area (Å²) in [4.78, 5) is 0. The molecule has 158 valence electrons. The lowest BCUT2D eigenvalue weighted by Gasteiger charge is -2.41. The van der Waals surface area contributed by atoms with Gasteiger partial charge in [0.2, 0.25) is 0 Å². The fourth-order valence-electron chi connectivity index (χ4n) is 3.03. The van der Waals surface area contributed by atoms with Crippen LogP contribution >= 0.6 is 0 Å². The summed E-state index contributed by atoms with van der Waals surface area (Å²) >= 11 is 0.